The topological polar surface area (TPSA) is 41.6 Å². The third-order valence-corrected chi connectivity index (χ3v) is 4.37. The number of rotatable bonds is 8. The number of carbonyl (C=O) groups excluding carboxylic acids is 1. The molecule has 1 atom stereocenters. The van der Waals surface area contributed by atoms with E-state index in [1.165, 1.54) is 12.1 Å². The van der Waals surface area contributed by atoms with Crippen LogP contribution in [0, 0.1) is 5.82 Å². The first kappa shape index (κ1) is 17.4. The zero-order chi connectivity index (χ0) is 16.7. The maximum atomic E-state index is 12.8. The number of nitrogens with one attached hydrogen (secondary N) is 1. The summed E-state index contributed by atoms with van der Waals surface area (Å²) < 4.78 is 18.3. The Kier molecular flexibility index (Phi) is 6.55. The highest BCUT2D eigenvalue weighted by Gasteiger charge is 2.12. The van der Waals surface area contributed by atoms with Crippen molar-refractivity contribution in [1.82, 2.24) is 10.2 Å². The van der Waals surface area contributed by atoms with E-state index in [-0.39, 0.29) is 17.8 Å². The van der Waals surface area contributed by atoms with E-state index in [9.17, 15) is 9.18 Å². The number of ether oxygens (including phenoxy) is 1. The number of thiophene rings is 1. The lowest BCUT2D eigenvalue weighted by molar-refractivity contribution is -0.122. The van der Waals surface area contributed by atoms with Gasteiger partial charge in [-0.05, 0) is 49.7 Å². The fourth-order valence-corrected chi connectivity index (χ4v) is 2.80. The third-order valence-electron chi connectivity index (χ3n) is 3.32. The zero-order valence-corrected chi connectivity index (χ0v) is 14.1. The summed E-state index contributed by atoms with van der Waals surface area (Å²) in [6.45, 7) is 3.33. The van der Waals surface area contributed by atoms with E-state index in [0.29, 0.717) is 25.4 Å². The van der Waals surface area contributed by atoms with Crippen molar-refractivity contribution in [3.63, 3.8) is 0 Å². The van der Waals surface area contributed by atoms with Crippen LogP contribution in [0.1, 0.15) is 17.8 Å². The minimum Gasteiger partial charge on any atom is -0.492 e. The molecule has 0 aliphatic carbocycles. The molecule has 23 heavy (non-hydrogen) atoms. The monoisotopic (exact) mass is 336 g/mol. The van der Waals surface area contributed by atoms with Crippen LogP contribution >= 0.6 is 11.3 Å². The van der Waals surface area contributed by atoms with E-state index in [1.807, 2.05) is 36.4 Å². The van der Waals surface area contributed by atoms with Crippen LogP contribution in [0.5, 0.6) is 5.75 Å². The molecule has 1 unspecified atom stereocenters. The lowest BCUT2D eigenvalue weighted by Crippen LogP contribution is -2.37. The summed E-state index contributed by atoms with van der Waals surface area (Å²) in [5.41, 5.74) is 0. The molecule has 1 aromatic carbocycles. The Labute approximate surface area is 139 Å². The van der Waals surface area contributed by atoms with Gasteiger partial charge in [0.05, 0.1) is 12.6 Å². The van der Waals surface area contributed by atoms with Crippen molar-refractivity contribution in [2.75, 3.05) is 26.7 Å². The van der Waals surface area contributed by atoms with E-state index in [0.717, 1.165) is 4.88 Å². The molecule has 0 aliphatic rings. The molecule has 0 bridgehead atoms. The highest BCUT2D eigenvalue weighted by atomic mass is 32.1. The Bertz CT molecular complexity index is 602. The molecule has 0 fully saturated rings. The number of hydrogen-bond acceptors (Lipinski definition) is 4. The SMILES string of the molecule is CC(NC(=O)CN(C)CCOc1ccc(F)cc1)c1cccs1. The van der Waals surface area contributed by atoms with Gasteiger partial charge in [-0.2, -0.15) is 0 Å². The van der Waals surface area contributed by atoms with Crippen LogP contribution in [0.3, 0.4) is 0 Å². The number of carbonyl (C=O) groups is 1. The van der Waals surface area contributed by atoms with E-state index in [1.54, 1.807) is 23.5 Å². The van der Waals surface area contributed by atoms with Crippen LogP contribution in [0.4, 0.5) is 4.39 Å². The number of likely N-dealkylation sites (N-methyl/N-ethyl adjacent to an activating group) is 1. The first-order chi connectivity index (χ1) is 11.0. The van der Waals surface area contributed by atoms with E-state index in [2.05, 4.69) is 5.32 Å². The first-order valence-electron chi connectivity index (χ1n) is 7.44. The minimum atomic E-state index is -0.286. The van der Waals surface area contributed by atoms with Crippen LogP contribution in [0.25, 0.3) is 0 Å². The van der Waals surface area contributed by atoms with Gasteiger partial charge in [-0.25, -0.2) is 4.39 Å². The Morgan fingerprint density at radius 1 is 1.35 bits per heavy atom. The van der Waals surface area contributed by atoms with Gasteiger partial charge in [0.15, 0.2) is 0 Å². The number of halogens is 1. The maximum Gasteiger partial charge on any atom is 0.234 e. The van der Waals surface area contributed by atoms with Gasteiger partial charge in [-0.3, -0.25) is 9.69 Å². The predicted molar refractivity (Wildman–Crippen MR) is 90.3 cm³/mol. The predicted octanol–water partition coefficient (Wildman–Crippen LogP) is 3.08. The summed E-state index contributed by atoms with van der Waals surface area (Å²) in [6, 6.07) is 9.90. The average Bonchev–Trinajstić information content (AvgIpc) is 3.03. The Morgan fingerprint density at radius 2 is 2.09 bits per heavy atom. The summed E-state index contributed by atoms with van der Waals surface area (Å²) in [6.07, 6.45) is 0. The summed E-state index contributed by atoms with van der Waals surface area (Å²) >= 11 is 1.63. The molecular formula is C17H21FN2O2S. The van der Waals surface area contributed by atoms with Crippen LogP contribution < -0.4 is 10.1 Å². The van der Waals surface area contributed by atoms with Gasteiger partial charge in [0.2, 0.25) is 5.91 Å². The molecule has 2 aromatic rings. The van der Waals surface area contributed by atoms with Gasteiger partial charge < -0.3 is 10.1 Å². The van der Waals surface area contributed by atoms with Crippen LogP contribution in [-0.2, 0) is 4.79 Å². The van der Waals surface area contributed by atoms with Crippen molar-refractivity contribution in [2.24, 2.45) is 0 Å². The van der Waals surface area contributed by atoms with Crippen molar-refractivity contribution in [2.45, 2.75) is 13.0 Å². The molecular weight excluding hydrogens is 315 g/mol. The molecule has 1 aromatic heterocycles. The molecule has 1 heterocycles. The quantitative estimate of drug-likeness (QED) is 0.805. The Morgan fingerprint density at radius 3 is 2.74 bits per heavy atom. The van der Waals surface area contributed by atoms with Gasteiger partial charge in [0.25, 0.3) is 0 Å². The Balaban J connectivity index is 1.66. The van der Waals surface area contributed by atoms with Gasteiger partial charge in [-0.1, -0.05) is 6.07 Å². The molecule has 0 spiro atoms. The molecule has 124 valence electrons. The minimum absolute atomic E-state index is 0.0183. The second-order valence-corrected chi connectivity index (χ2v) is 6.32. The van der Waals surface area contributed by atoms with Gasteiger partial charge in [0, 0.05) is 11.4 Å². The summed E-state index contributed by atoms with van der Waals surface area (Å²) in [5, 5.41) is 4.97. The van der Waals surface area contributed by atoms with Crippen molar-refractivity contribution in [3.05, 3.63) is 52.5 Å². The molecule has 1 N–H and O–H groups in total. The molecule has 4 nitrogen and oxygen atoms in total. The highest BCUT2D eigenvalue weighted by molar-refractivity contribution is 7.10. The summed E-state index contributed by atoms with van der Waals surface area (Å²) in [5.74, 6) is 0.316. The normalized spacial score (nSPS) is 12.2. The van der Waals surface area contributed by atoms with Crippen molar-refractivity contribution in [1.29, 1.82) is 0 Å². The van der Waals surface area contributed by atoms with E-state index >= 15 is 0 Å². The maximum absolute atomic E-state index is 12.8. The van der Waals surface area contributed by atoms with Gasteiger partial charge in [0.1, 0.15) is 18.2 Å². The molecule has 0 aliphatic heterocycles. The molecule has 6 heteroatoms. The number of amides is 1. The molecule has 0 radical (unpaired) electrons. The summed E-state index contributed by atoms with van der Waals surface area (Å²) in [4.78, 5) is 15.0. The largest absolute Gasteiger partial charge is 0.492 e. The Hall–Kier alpha value is -1.92. The van der Waals surface area contributed by atoms with Gasteiger partial charge in [-0.15, -0.1) is 11.3 Å². The average molecular weight is 336 g/mol. The zero-order valence-electron chi connectivity index (χ0n) is 13.3. The van der Waals surface area contributed by atoms with E-state index < -0.39 is 0 Å². The second-order valence-electron chi connectivity index (χ2n) is 5.34. The molecule has 2 rings (SSSR count). The summed E-state index contributed by atoms with van der Waals surface area (Å²) in [7, 11) is 1.86. The smallest absolute Gasteiger partial charge is 0.234 e. The lowest BCUT2D eigenvalue weighted by Gasteiger charge is -2.18. The van der Waals surface area contributed by atoms with Crippen molar-refractivity contribution in [3.8, 4) is 5.75 Å². The first-order valence-corrected chi connectivity index (χ1v) is 8.32. The fourth-order valence-electron chi connectivity index (χ4n) is 2.07. The van der Waals surface area contributed by atoms with E-state index in [4.69, 9.17) is 4.74 Å². The van der Waals surface area contributed by atoms with Crippen molar-refractivity contribution >= 4 is 17.2 Å². The molecule has 0 saturated carbocycles. The highest BCUT2D eigenvalue weighted by Crippen LogP contribution is 2.17. The fraction of sp³-hybridized carbons (Fsp3) is 0.353. The molecule has 1 amide bonds. The van der Waals surface area contributed by atoms with Crippen LogP contribution in [0.15, 0.2) is 41.8 Å². The van der Waals surface area contributed by atoms with Gasteiger partial charge >= 0.3 is 0 Å². The number of nitrogens with zero attached hydrogens (tertiary/aromatic N) is 1. The second kappa shape index (κ2) is 8.64. The standard InChI is InChI=1S/C17H21FN2O2S/c1-13(16-4-3-11-23-16)19-17(21)12-20(2)9-10-22-15-7-5-14(18)6-8-15/h3-8,11,13H,9-10,12H2,1-2H3,(H,19,21). The third kappa shape index (κ3) is 6.00. The van der Waals surface area contributed by atoms with Crippen LogP contribution in [0.2, 0.25) is 0 Å². The molecule has 0 saturated heterocycles. The van der Waals surface area contributed by atoms with Crippen LogP contribution in [-0.4, -0.2) is 37.6 Å². The number of benzene rings is 1. The number of hydrogen-bond donors (Lipinski definition) is 1. The lowest BCUT2D eigenvalue weighted by atomic mass is 10.3. The van der Waals surface area contributed by atoms with Crippen molar-refractivity contribution < 1.29 is 13.9 Å².